The lowest BCUT2D eigenvalue weighted by Gasteiger charge is -2.30. The zero-order chi connectivity index (χ0) is 79.8. The average Bonchev–Trinajstić information content (AvgIpc) is 1.59. The number of nitrogens with one attached hydrogen (secondary N) is 9. The van der Waals surface area contributed by atoms with Crippen LogP contribution in [0, 0.1) is 50.4 Å². The molecule has 1 atom stereocenters. The SMILES string of the molecule is Cc1sc2c(c1C)C(c1ccc(Cl)cc1)=N[C@@H](CC(=O)N1CCC(C#CC#CCNCCOCCOCCOCCOCCNC(=O)CCNC(=O)c3nc(NC(=O)CCNC(=O)c4cc(NC(=O)c5nc(NC(=O)CCNC(=O)c6cc(NC(=O)c7nccn7C)cn6C)cn5C)cn4C)cn3C)CC1)c1nnc(C)n1-2. The van der Waals surface area contributed by atoms with Gasteiger partial charge in [-0.25, -0.2) is 15.0 Å². The van der Waals surface area contributed by atoms with Gasteiger partial charge >= 0.3 is 0 Å². The number of anilines is 4. The van der Waals surface area contributed by atoms with Gasteiger partial charge in [-0.2, -0.15) is 0 Å². The molecule has 35 nitrogen and oxygen atoms in total. The van der Waals surface area contributed by atoms with Gasteiger partial charge in [0.15, 0.2) is 23.3 Å². The number of ether oxygens (including phenoxy) is 4. The molecule has 0 spiro atoms. The highest BCUT2D eigenvalue weighted by molar-refractivity contribution is 7.15. The van der Waals surface area contributed by atoms with Crippen LogP contribution < -0.4 is 47.9 Å². The van der Waals surface area contributed by atoms with Crippen molar-refractivity contribution in [1.29, 1.82) is 0 Å². The van der Waals surface area contributed by atoms with Crippen LogP contribution in [0.5, 0.6) is 0 Å². The second-order valence-electron chi connectivity index (χ2n) is 26.3. The van der Waals surface area contributed by atoms with Crippen molar-refractivity contribution in [3.05, 3.63) is 141 Å². The van der Waals surface area contributed by atoms with Crippen molar-refractivity contribution in [2.24, 2.45) is 46.1 Å². The Hall–Kier alpha value is -11.6. The number of hydrogen-bond acceptors (Lipinski definition) is 21. The maximum absolute atomic E-state index is 13.9. The molecule has 1 fully saturated rings. The number of amides is 9. The Balaban J connectivity index is 0.500. The fourth-order valence-corrected chi connectivity index (χ4v) is 13.4. The van der Waals surface area contributed by atoms with E-state index in [9.17, 15) is 43.2 Å². The molecule has 2 aliphatic rings. The van der Waals surface area contributed by atoms with Crippen molar-refractivity contribution in [1.82, 2.24) is 84.0 Å². The lowest BCUT2D eigenvalue weighted by molar-refractivity contribution is -0.132. The van der Waals surface area contributed by atoms with Crippen molar-refractivity contribution in [3.63, 3.8) is 0 Å². The summed E-state index contributed by atoms with van der Waals surface area (Å²) in [5.74, 6) is 10.2. The van der Waals surface area contributed by atoms with Crippen LogP contribution in [0.2, 0.25) is 5.02 Å². The molecule has 37 heteroatoms. The lowest BCUT2D eigenvalue weighted by atomic mass is 9.97. The van der Waals surface area contributed by atoms with Gasteiger partial charge in [0.25, 0.3) is 29.5 Å². The number of carbonyl (C=O) groups excluding carboxylic acids is 9. The molecule has 2 aliphatic heterocycles. The van der Waals surface area contributed by atoms with E-state index in [-0.39, 0.29) is 122 Å². The summed E-state index contributed by atoms with van der Waals surface area (Å²) >= 11 is 7.96. The van der Waals surface area contributed by atoms with Crippen LogP contribution in [-0.2, 0) is 73.4 Å². The highest BCUT2D eigenvalue weighted by Gasteiger charge is 2.35. The van der Waals surface area contributed by atoms with Crippen LogP contribution in [0.15, 0.2) is 78.6 Å². The Morgan fingerprint density at radius 1 is 0.571 bits per heavy atom. The monoisotopic (exact) mass is 1570 g/mol. The summed E-state index contributed by atoms with van der Waals surface area (Å²) in [4.78, 5) is 138. The van der Waals surface area contributed by atoms with Crippen LogP contribution in [0.3, 0.4) is 0 Å². The minimum atomic E-state index is -0.639. The molecule has 1 aromatic carbocycles. The number of halogens is 1. The van der Waals surface area contributed by atoms with Gasteiger partial charge in [-0.3, -0.25) is 52.7 Å². The zero-order valence-electron chi connectivity index (χ0n) is 63.5. The molecular formula is C75H91ClN22O13S. The Morgan fingerprint density at radius 3 is 1.68 bits per heavy atom. The van der Waals surface area contributed by atoms with E-state index in [0.717, 1.165) is 46.1 Å². The van der Waals surface area contributed by atoms with Crippen LogP contribution >= 0.6 is 22.9 Å². The molecule has 0 aliphatic carbocycles. The van der Waals surface area contributed by atoms with E-state index in [0.29, 0.717) is 89.0 Å². The molecule has 112 heavy (non-hydrogen) atoms. The molecule has 0 unspecified atom stereocenters. The molecule has 1 saturated heterocycles. The number of carbonyl (C=O) groups is 9. The quantitative estimate of drug-likeness (QED) is 0.0197. The Bertz CT molecular complexity index is 4880. The van der Waals surface area contributed by atoms with Gasteiger partial charge in [0.1, 0.15) is 28.3 Å². The van der Waals surface area contributed by atoms with Gasteiger partial charge < -0.3 is 94.5 Å². The van der Waals surface area contributed by atoms with Crippen LogP contribution in [0.25, 0.3) is 5.00 Å². The molecule has 7 aromatic heterocycles. The van der Waals surface area contributed by atoms with Gasteiger partial charge in [-0.1, -0.05) is 35.6 Å². The molecule has 592 valence electrons. The molecule has 9 N–H and O–H groups in total. The number of benzene rings is 1. The highest BCUT2D eigenvalue weighted by atomic mass is 35.5. The number of aliphatic imine (C=N–C) groups is 1. The summed E-state index contributed by atoms with van der Waals surface area (Å²) in [7, 11) is 8.05. The Kier molecular flexibility index (Phi) is 29.8. The maximum Gasteiger partial charge on any atom is 0.291 e. The fourth-order valence-electron chi connectivity index (χ4n) is 12.0. The molecular weight excluding hydrogens is 1480 g/mol. The van der Waals surface area contributed by atoms with Crippen LogP contribution in [0.1, 0.15) is 131 Å². The van der Waals surface area contributed by atoms with Crippen molar-refractivity contribution in [2.75, 3.05) is 126 Å². The summed E-state index contributed by atoms with van der Waals surface area (Å²) in [5.41, 5.74) is 4.97. The van der Waals surface area contributed by atoms with E-state index >= 15 is 0 Å². The molecule has 0 radical (unpaired) electrons. The minimum absolute atomic E-state index is 0.00316. The van der Waals surface area contributed by atoms with E-state index in [1.54, 1.807) is 63.5 Å². The Labute approximate surface area is 655 Å². The lowest BCUT2D eigenvalue weighted by Crippen LogP contribution is -2.38. The third-order valence-electron chi connectivity index (χ3n) is 17.9. The first-order valence-electron chi connectivity index (χ1n) is 36.3. The van der Waals surface area contributed by atoms with Gasteiger partial charge in [0, 0.05) is 164 Å². The largest absolute Gasteiger partial charge is 0.378 e. The topological polar surface area (TPSA) is 408 Å². The van der Waals surface area contributed by atoms with E-state index in [4.69, 9.17) is 35.5 Å². The Morgan fingerprint density at radius 2 is 1.11 bits per heavy atom. The number of piperidine rings is 1. The number of hydrogen-bond donors (Lipinski definition) is 9. The number of nitrogens with zero attached hydrogens (tertiary/aromatic N) is 13. The van der Waals surface area contributed by atoms with Crippen molar-refractivity contribution in [3.8, 4) is 28.7 Å². The predicted molar refractivity (Wildman–Crippen MR) is 416 cm³/mol. The van der Waals surface area contributed by atoms with Crippen LogP contribution in [0.4, 0.5) is 23.0 Å². The van der Waals surface area contributed by atoms with Crippen LogP contribution in [-0.4, -0.2) is 222 Å². The fraction of sp³-hybridized carbons (Fsp3) is 0.427. The zero-order valence-corrected chi connectivity index (χ0v) is 65.1. The number of likely N-dealkylation sites (tertiary alicyclic amines) is 1. The van der Waals surface area contributed by atoms with Gasteiger partial charge in [-0.15, -0.1) is 21.5 Å². The minimum Gasteiger partial charge on any atom is -0.378 e. The summed E-state index contributed by atoms with van der Waals surface area (Å²) in [6.45, 7) is 11.7. The normalized spacial score (nSPS) is 13.1. The van der Waals surface area contributed by atoms with E-state index in [1.165, 1.54) is 60.1 Å². The van der Waals surface area contributed by atoms with Gasteiger partial charge in [0.2, 0.25) is 35.3 Å². The number of rotatable bonds is 37. The van der Waals surface area contributed by atoms with E-state index in [2.05, 4.69) is 115 Å². The van der Waals surface area contributed by atoms with Crippen molar-refractivity contribution in [2.45, 2.75) is 65.3 Å². The molecule has 10 rings (SSSR count). The second kappa shape index (κ2) is 40.3. The smallest absolute Gasteiger partial charge is 0.291 e. The predicted octanol–water partition coefficient (Wildman–Crippen LogP) is 3.93. The molecule has 9 amide bonds. The molecule has 8 aromatic rings. The first-order chi connectivity index (χ1) is 54.0. The van der Waals surface area contributed by atoms with E-state index < -0.39 is 47.4 Å². The third kappa shape index (κ3) is 23.0. The molecule has 9 heterocycles. The third-order valence-corrected chi connectivity index (χ3v) is 19.4. The summed E-state index contributed by atoms with van der Waals surface area (Å²) in [6.07, 6.45) is 10.5. The maximum atomic E-state index is 13.9. The van der Waals surface area contributed by atoms with Gasteiger partial charge in [0.05, 0.1) is 82.9 Å². The summed E-state index contributed by atoms with van der Waals surface area (Å²) in [5, 5.41) is 35.2. The summed E-state index contributed by atoms with van der Waals surface area (Å²) < 4.78 is 31.8. The van der Waals surface area contributed by atoms with E-state index in [1.807, 2.05) is 36.1 Å². The first-order valence-corrected chi connectivity index (χ1v) is 37.5. The summed E-state index contributed by atoms with van der Waals surface area (Å²) in [6, 6.07) is 10.1. The van der Waals surface area contributed by atoms with Gasteiger partial charge in [-0.05, 0) is 75.3 Å². The van der Waals surface area contributed by atoms with Crippen molar-refractivity contribution >= 4 is 105 Å². The molecule has 0 bridgehead atoms. The number of aryl methyl sites for hydroxylation is 7. The first kappa shape index (κ1) is 82.8. The number of thiophene rings is 1. The standard InChI is InChI=1S/C75H91ClN22O13S/c1-47-48(2)112-75-64(47)65(51-13-15-52(76)16-14-51)85-55(66-91-90-49(3)98(66)75)42-63(102)97-29-20-50(21-30-97)12-10-9-11-22-77-27-32-108-34-36-110-38-39-111-37-35-109-33-28-78-60(99)17-23-82-72(105)68-88-58(45-95(68)7)86-61(100)18-24-81-71(104)57-41-54(44-94(57)6)84-74(107)69-89-59(46-96(69)8)87-62(101)19-25-80-70(103)56-40-53(43-93(56)5)83-73(106)67-79-26-31-92(67)4/h13-16,26,31,40-41,43-46,50,55,77H,17-25,27-30,32-39,42H2,1-8H3,(H,78,99)(H,80,103)(H,81,104)(H,82,105)(H,83,106)(H,84,107)(H,86,100)(H,87,101)/t55-/m0/s1. The number of aromatic nitrogens is 11. The molecule has 0 saturated carbocycles. The van der Waals surface area contributed by atoms with Crippen molar-refractivity contribution < 1.29 is 62.1 Å². The second-order valence-corrected chi connectivity index (χ2v) is 27.9. The highest BCUT2D eigenvalue weighted by Crippen LogP contribution is 2.40. The average molecular weight is 1580 g/mol. The number of fused-ring (bicyclic) bond motifs is 3. The number of imidazole rings is 3.